The lowest BCUT2D eigenvalue weighted by molar-refractivity contribution is 0.0119. The zero-order chi connectivity index (χ0) is 16.4. The van der Waals surface area contributed by atoms with E-state index in [1.165, 1.54) is 0 Å². The normalized spacial score (nSPS) is 26.2. The van der Waals surface area contributed by atoms with Crippen molar-refractivity contribution in [3.63, 3.8) is 0 Å². The zero-order valence-corrected chi connectivity index (χ0v) is 15.1. The highest BCUT2D eigenvalue weighted by Gasteiger charge is 2.37. The van der Waals surface area contributed by atoms with Crippen LogP contribution in [0.3, 0.4) is 0 Å². The maximum absolute atomic E-state index is 12.7. The van der Waals surface area contributed by atoms with Crippen LogP contribution in [-0.2, 0) is 11.2 Å². The van der Waals surface area contributed by atoms with Gasteiger partial charge in [-0.3, -0.25) is 9.69 Å². The van der Waals surface area contributed by atoms with Crippen LogP contribution in [-0.4, -0.2) is 66.1 Å². The van der Waals surface area contributed by atoms with Gasteiger partial charge >= 0.3 is 0 Å². The SMILES string of the molecule is CC(C)Cc1nc(C(=O)N2C[C@@H](C)[C@@H](N3CCOCC3)C2)cs1. The molecule has 2 aliphatic heterocycles. The largest absolute Gasteiger partial charge is 0.379 e. The number of carbonyl (C=O) groups excluding carboxylic acids is 1. The van der Waals surface area contributed by atoms with Crippen LogP contribution in [0.2, 0.25) is 0 Å². The van der Waals surface area contributed by atoms with Gasteiger partial charge in [0, 0.05) is 44.0 Å². The minimum Gasteiger partial charge on any atom is -0.379 e. The number of ether oxygens (including phenoxy) is 1. The van der Waals surface area contributed by atoms with Crippen LogP contribution in [0.15, 0.2) is 5.38 Å². The molecule has 2 aliphatic rings. The average molecular weight is 337 g/mol. The Kier molecular flexibility index (Phi) is 5.34. The Balaban J connectivity index is 1.63. The summed E-state index contributed by atoms with van der Waals surface area (Å²) in [6.07, 6.45) is 0.949. The van der Waals surface area contributed by atoms with E-state index in [0.717, 1.165) is 50.8 Å². The van der Waals surface area contributed by atoms with Crippen molar-refractivity contribution in [3.05, 3.63) is 16.1 Å². The van der Waals surface area contributed by atoms with Gasteiger partial charge in [0.1, 0.15) is 5.69 Å². The second kappa shape index (κ2) is 7.28. The van der Waals surface area contributed by atoms with Crippen LogP contribution in [0, 0.1) is 11.8 Å². The molecule has 1 amide bonds. The lowest BCUT2D eigenvalue weighted by atomic mass is 10.0. The van der Waals surface area contributed by atoms with Crippen molar-refractivity contribution in [1.29, 1.82) is 0 Å². The van der Waals surface area contributed by atoms with E-state index in [1.54, 1.807) is 11.3 Å². The van der Waals surface area contributed by atoms with E-state index in [0.29, 0.717) is 23.6 Å². The quantitative estimate of drug-likeness (QED) is 0.844. The molecule has 2 atom stereocenters. The van der Waals surface area contributed by atoms with Crippen molar-refractivity contribution < 1.29 is 9.53 Å². The van der Waals surface area contributed by atoms with Gasteiger partial charge in [0.2, 0.25) is 0 Å². The Morgan fingerprint density at radius 1 is 1.39 bits per heavy atom. The first-order valence-corrected chi connectivity index (χ1v) is 9.48. The van der Waals surface area contributed by atoms with E-state index in [-0.39, 0.29) is 5.91 Å². The van der Waals surface area contributed by atoms with E-state index in [2.05, 4.69) is 30.7 Å². The topological polar surface area (TPSA) is 45.7 Å². The third kappa shape index (κ3) is 3.92. The molecule has 1 aromatic rings. The summed E-state index contributed by atoms with van der Waals surface area (Å²) in [5, 5.41) is 2.99. The molecule has 3 rings (SSSR count). The number of amides is 1. The maximum Gasteiger partial charge on any atom is 0.273 e. The van der Waals surface area contributed by atoms with Crippen molar-refractivity contribution >= 4 is 17.2 Å². The number of hydrogen-bond donors (Lipinski definition) is 0. The number of morpholine rings is 1. The number of likely N-dealkylation sites (tertiary alicyclic amines) is 1. The molecule has 6 heteroatoms. The van der Waals surface area contributed by atoms with Gasteiger partial charge in [-0.2, -0.15) is 0 Å². The molecule has 0 unspecified atom stereocenters. The first-order valence-electron chi connectivity index (χ1n) is 8.60. The zero-order valence-electron chi connectivity index (χ0n) is 14.3. The van der Waals surface area contributed by atoms with Crippen LogP contribution >= 0.6 is 11.3 Å². The summed E-state index contributed by atoms with van der Waals surface area (Å²) < 4.78 is 5.44. The summed E-state index contributed by atoms with van der Waals surface area (Å²) in [5.41, 5.74) is 0.625. The summed E-state index contributed by atoms with van der Waals surface area (Å²) in [6.45, 7) is 11.8. The molecular weight excluding hydrogens is 310 g/mol. The Hall–Kier alpha value is -0.980. The molecule has 0 N–H and O–H groups in total. The van der Waals surface area contributed by atoms with Gasteiger partial charge in [0.15, 0.2) is 0 Å². The smallest absolute Gasteiger partial charge is 0.273 e. The van der Waals surface area contributed by atoms with Gasteiger partial charge < -0.3 is 9.64 Å². The van der Waals surface area contributed by atoms with Gasteiger partial charge in [0.05, 0.1) is 18.2 Å². The van der Waals surface area contributed by atoms with Crippen molar-refractivity contribution in [2.75, 3.05) is 39.4 Å². The van der Waals surface area contributed by atoms with Crippen LogP contribution < -0.4 is 0 Å². The van der Waals surface area contributed by atoms with Crippen molar-refractivity contribution in [1.82, 2.24) is 14.8 Å². The first-order chi connectivity index (χ1) is 11.0. The number of aromatic nitrogens is 1. The minimum absolute atomic E-state index is 0.0962. The van der Waals surface area contributed by atoms with Gasteiger partial charge in [-0.15, -0.1) is 11.3 Å². The Bertz CT molecular complexity index is 540. The summed E-state index contributed by atoms with van der Waals surface area (Å²) in [5.74, 6) is 1.17. The van der Waals surface area contributed by atoms with E-state index < -0.39 is 0 Å². The standard InChI is InChI=1S/C17H27N3O2S/c1-12(2)8-16-18-14(11-23-16)17(21)20-9-13(3)15(10-20)19-4-6-22-7-5-19/h11-13,15H,4-10H2,1-3H3/t13-,15+/m1/s1. The number of rotatable bonds is 4. The molecule has 2 saturated heterocycles. The molecule has 1 aromatic heterocycles. The molecule has 0 spiro atoms. The Morgan fingerprint density at radius 3 is 2.83 bits per heavy atom. The van der Waals surface area contributed by atoms with E-state index in [1.807, 2.05) is 10.3 Å². The molecule has 0 aromatic carbocycles. The van der Waals surface area contributed by atoms with Gasteiger partial charge in [-0.25, -0.2) is 4.98 Å². The van der Waals surface area contributed by atoms with Crippen LogP contribution in [0.25, 0.3) is 0 Å². The van der Waals surface area contributed by atoms with Crippen LogP contribution in [0.5, 0.6) is 0 Å². The number of hydrogen-bond acceptors (Lipinski definition) is 5. The molecule has 0 bridgehead atoms. The Labute approximate surface area is 142 Å². The predicted molar refractivity (Wildman–Crippen MR) is 91.9 cm³/mol. The monoisotopic (exact) mass is 337 g/mol. The highest BCUT2D eigenvalue weighted by molar-refractivity contribution is 7.09. The Morgan fingerprint density at radius 2 is 2.13 bits per heavy atom. The average Bonchev–Trinajstić information content (AvgIpc) is 3.14. The predicted octanol–water partition coefficient (Wildman–Crippen LogP) is 2.13. The molecule has 0 aliphatic carbocycles. The molecular formula is C17H27N3O2S. The third-order valence-electron chi connectivity index (χ3n) is 4.73. The number of thiazole rings is 1. The van der Waals surface area contributed by atoms with Crippen molar-refractivity contribution in [2.24, 2.45) is 11.8 Å². The summed E-state index contributed by atoms with van der Waals surface area (Å²) in [4.78, 5) is 21.8. The van der Waals surface area contributed by atoms with Crippen molar-refractivity contribution in [2.45, 2.75) is 33.2 Å². The van der Waals surface area contributed by atoms with Gasteiger partial charge in [-0.05, 0) is 11.8 Å². The second-order valence-corrected chi connectivity index (χ2v) is 8.07. The molecule has 0 saturated carbocycles. The van der Waals surface area contributed by atoms with E-state index in [9.17, 15) is 4.79 Å². The lowest BCUT2D eigenvalue weighted by Gasteiger charge is -2.33. The van der Waals surface area contributed by atoms with E-state index >= 15 is 0 Å². The third-order valence-corrected chi connectivity index (χ3v) is 5.60. The van der Waals surface area contributed by atoms with Crippen LogP contribution in [0.1, 0.15) is 36.3 Å². The van der Waals surface area contributed by atoms with E-state index in [4.69, 9.17) is 4.74 Å². The first kappa shape index (κ1) is 16.9. The fourth-order valence-corrected chi connectivity index (χ4v) is 4.50. The van der Waals surface area contributed by atoms with Gasteiger partial charge in [-0.1, -0.05) is 20.8 Å². The lowest BCUT2D eigenvalue weighted by Crippen LogP contribution is -2.47. The number of carbonyl (C=O) groups is 1. The van der Waals surface area contributed by atoms with Gasteiger partial charge in [0.25, 0.3) is 5.91 Å². The molecule has 5 nitrogen and oxygen atoms in total. The molecule has 128 valence electrons. The summed E-state index contributed by atoms with van der Waals surface area (Å²) in [7, 11) is 0. The molecule has 2 fully saturated rings. The van der Waals surface area contributed by atoms with Crippen LogP contribution in [0.4, 0.5) is 0 Å². The summed E-state index contributed by atoms with van der Waals surface area (Å²) >= 11 is 1.61. The summed E-state index contributed by atoms with van der Waals surface area (Å²) in [6, 6.07) is 0.455. The second-order valence-electron chi connectivity index (χ2n) is 7.13. The highest BCUT2D eigenvalue weighted by atomic mass is 32.1. The minimum atomic E-state index is 0.0962. The maximum atomic E-state index is 12.7. The fourth-order valence-electron chi connectivity index (χ4n) is 3.51. The molecule has 3 heterocycles. The fraction of sp³-hybridized carbons (Fsp3) is 0.765. The number of nitrogens with zero attached hydrogens (tertiary/aromatic N) is 3. The highest BCUT2D eigenvalue weighted by Crippen LogP contribution is 2.25. The molecule has 23 heavy (non-hydrogen) atoms. The van der Waals surface area contributed by atoms with Crippen molar-refractivity contribution in [3.8, 4) is 0 Å². The molecule has 0 radical (unpaired) electrons.